The Bertz CT molecular complexity index is 1360. The van der Waals surface area contributed by atoms with Gasteiger partial charge in [0.15, 0.2) is 11.5 Å². The number of nitrogens with zero attached hydrogens (tertiary/aromatic N) is 5. The lowest BCUT2D eigenvalue weighted by molar-refractivity contribution is -0.122. The average Bonchev–Trinajstić information content (AvgIpc) is 3.30. The molecule has 3 aromatic heterocycles. The molecule has 2 fully saturated rings. The lowest BCUT2D eigenvalue weighted by Crippen LogP contribution is -2.50. The van der Waals surface area contributed by atoms with E-state index < -0.39 is 11.9 Å². The third-order valence-electron chi connectivity index (χ3n) is 7.78. The number of pyridine rings is 1. The van der Waals surface area contributed by atoms with E-state index in [1.54, 1.807) is 6.20 Å². The first-order valence-corrected chi connectivity index (χ1v) is 12.5. The SMILES string of the molecule is COc1cc(-c2cc(C(=O)N3CC[C@H](C(=O)Nc4cnn5c4C[C@@H](O)CC5)CC34CC4)n[nH]2)c(F)cn1. The van der Waals surface area contributed by atoms with Crippen LogP contribution >= 0.6 is 0 Å². The summed E-state index contributed by atoms with van der Waals surface area (Å²) in [6.07, 6.45) is 6.15. The molecule has 2 atom stereocenters. The summed E-state index contributed by atoms with van der Waals surface area (Å²) in [6, 6.07) is 2.98. The van der Waals surface area contributed by atoms with Crippen molar-refractivity contribution in [3.8, 4) is 17.1 Å². The Kier molecular flexibility index (Phi) is 5.70. The molecule has 1 saturated heterocycles. The Morgan fingerprint density at radius 1 is 1.24 bits per heavy atom. The maximum absolute atomic E-state index is 14.3. The number of aliphatic hydroxyl groups excluding tert-OH is 1. The Hall–Kier alpha value is -3.80. The van der Waals surface area contributed by atoms with Gasteiger partial charge >= 0.3 is 0 Å². The standard InChI is InChI=1S/C25H28FN7O4/c1-37-22-9-16(17(26)12-27-22)18-10-19(31-30-18)24(36)32-6-2-14(11-25(32)4-5-25)23(35)29-20-13-28-33-7-3-15(34)8-21(20)33/h9-10,12-15,34H,2-8,11H2,1H3,(H,29,35)(H,30,31)/t14-,15-/m0/s1. The van der Waals surface area contributed by atoms with Crippen LogP contribution < -0.4 is 10.1 Å². The predicted octanol–water partition coefficient (Wildman–Crippen LogP) is 2.15. The van der Waals surface area contributed by atoms with Crippen LogP contribution in [0.3, 0.4) is 0 Å². The van der Waals surface area contributed by atoms with Gasteiger partial charge in [0.2, 0.25) is 11.8 Å². The largest absolute Gasteiger partial charge is 0.481 e. The second-order valence-corrected chi connectivity index (χ2v) is 10.1. The molecular weight excluding hydrogens is 481 g/mol. The minimum Gasteiger partial charge on any atom is -0.481 e. The van der Waals surface area contributed by atoms with Crippen molar-refractivity contribution in [1.82, 2.24) is 29.9 Å². The van der Waals surface area contributed by atoms with Gasteiger partial charge in [-0.1, -0.05) is 0 Å². The Balaban J connectivity index is 1.14. The number of fused-ring (bicyclic) bond motifs is 1. The number of aliphatic hydroxyl groups is 1. The molecule has 0 unspecified atom stereocenters. The first-order chi connectivity index (χ1) is 17.9. The fourth-order valence-electron chi connectivity index (χ4n) is 5.55. The zero-order valence-corrected chi connectivity index (χ0v) is 20.4. The number of anilines is 1. The average molecular weight is 510 g/mol. The zero-order chi connectivity index (χ0) is 25.7. The number of aryl methyl sites for hydroxylation is 1. The molecule has 194 valence electrons. The minimum atomic E-state index is -0.553. The number of carbonyl (C=O) groups is 2. The maximum atomic E-state index is 14.3. The molecular formula is C25H28FN7O4. The molecule has 6 rings (SSSR count). The van der Waals surface area contributed by atoms with Gasteiger partial charge in [0.25, 0.3) is 5.91 Å². The van der Waals surface area contributed by atoms with Crippen molar-refractivity contribution in [3.05, 3.63) is 41.7 Å². The topological polar surface area (TPSA) is 138 Å². The summed E-state index contributed by atoms with van der Waals surface area (Å²) in [4.78, 5) is 32.2. The molecule has 1 spiro atoms. The molecule has 1 aliphatic carbocycles. The van der Waals surface area contributed by atoms with Gasteiger partial charge in [-0.05, 0) is 38.2 Å². The molecule has 3 N–H and O–H groups in total. The third-order valence-corrected chi connectivity index (χ3v) is 7.78. The van der Waals surface area contributed by atoms with Gasteiger partial charge < -0.3 is 20.1 Å². The molecule has 37 heavy (non-hydrogen) atoms. The number of rotatable bonds is 5. The van der Waals surface area contributed by atoms with E-state index in [9.17, 15) is 19.1 Å². The van der Waals surface area contributed by atoms with Crippen LogP contribution in [0.15, 0.2) is 24.5 Å². The van der Waals surface area contributed by atoms with Gasteiger partial charge in [-0.3, -0.25) is 19.4 Å². The van der Waals surface area contributed by atoms with Crippen molar-refractivity contribution in [2.75, 3.05) is 19.0 Å². The summed E-state index contributed by atoms with van der Waals surface area (Å²) < 4.78 is 21.2. The molecule has 0 radical (unpaired) electrons. The third kappa shape index (κ3) is 4.24. The van der Waals surface area contributed by atoms with Gasteiger partial charge in [0.1, 0.15) is 0 Å². The van der Waals surface area contributed by atoms with E-state index in [1.165, 1.54) is 19.2 Å². The number of ether oxygens (including phenoxy) is 1. The quantitative estimate of drug-likeness (QED) is 0.479. The van der Waals surface area contributed by atoms with E-state index in [-0.39, 0.29) is 40.4 Å². The number of halogens is 1. The van der Waals surface area contributed by atoms with Crippen LogP contribution in [0.25, 0.3) is 11.3 Å². The highest BCUT2D eigenvalue weighted by molar-refractivity contribution is 5.96. The molecule has 0 bridgehead atoms. The van der Waals surface area contributed by atoms with E-state index in [0.717, 1.165) is 24.7 Å². The van der Waals surface area contributed by atoms with Gasteiger partial charge in [0.05, 0.1) is 42.7 Å². The van der Waals surface area contributed by atoms with E-state index in [4.69, 9.17) is 4.74 Å². The number of hydrogen-bond acceptors (Lipinski definition) is 7. The zero-order valence-electron chi connectivity index (χ0n) is 20.4. The van der Waals surface area contributed by atoms with E-state index in [0.29, 0.717) is 50.2 Å². The lowest BCUT2D eigenvalue weighted by atomic mass is 9.87. The number of methoxy groups -OCH3 is 1. The molecule has 5 heterocycles. The Morgan fingerprint density at radius 3 is 2.86 bits per heavy atom. The second-order valence-electron chi connectivity index (χ2n) is 10.1. The number of aromatic nitrogens is 5. The van der Waals surface area contributed by atoms with Gasteiger partial charge in [-0.15, -0.1) is 0 Å². The first kappa shape index (κ1) is 23.6. The monoisotopic (exact) mass is 509 g/mol. The fourth-order valence-corrected chi connectivity index (χ4v) is 5.55. The van der Waals surface area contributed by atoms with E-state index in [1.807, 2.05) is 9.58 Å². The highest BCUT2D eigenvalue weighted by Gasteiger charge is 2.54. The van der Waals surface area contributed by atoms with E-state index in [2.05, 4.69) is 25.6 Å². The smallest absolute Gasteiger partial charge is 0.274 e. The number of likely N-dealkylation sites (tertiary alicyclic amines) is 1. The number of amides is 2. The second kappa shape index (κ2) is 8.94. The Morgan fingerprint density at radius 2 is 2.08 bits per heavy atom. The van der Waals surface area contributed by atoms with Gasteiger partial charge in [-0.25, -0.2) is 9.37 Å². The van der Waals surface area contributed by atoms with Gasteiger partial charge in [0, 0.05) is 42.6 Å². The number of aromatic amines is 1. The molecule has 2 amide bonds. The summed E-state index contributed by atoms with van der Waals surface area (Å²) >= 11 is 0. The molecule has 1 saturated carbocycles. The van der Waals surface area contributed by atoms with Crippen molar-refractivity contribution in [3.63, 3.8) is 0 Å². The summed E-state index contributed by atoms with van der Waals surface area (Å²) in [5.41, 5.74) is 1.90. The van der Waals surface area contributed by atoms with Crippen LogP contribution in [-0.4, -0.2) is 72.1 Å². The van der Waals surface area contributed by atoms with E-state index >= 15 is 0 Å². The van der Waals surface area contributed by atoms with Crippen LogP contribution in [-0.2, 0) is 17.8 Å². The normalized spacial score (nSPS) is 22.0. The highest BCUT2D eigenvalue weighted by Crippen LogP contribution is 2.50. The van der Waals surface area contributed by atoms with Crippen LogP contribution in [0.1, 0.15) is 48.3 Å². The highest BCUT2D eigenvalue weighted by atomic mass is 19.1. The number of nitrogens with one attached hydrogen (secondary N) is 2. The van der Waals surface area contributed by atoms with Crippen LogP contribution in [0.5, 0.6) is 5.88 Å². The number of piperidine rings is 1. The lowest BCUT2D eigenvalue weighted by Gasteiger charge is -2.39. The van der Waals surface area contributed by atoms with Crippen molar-refractivity contribution in [1.29, 1.82) is 0 Å². The van der Waals surface area contributed by atoms with Crippen LogP contribution in [0.4, 0.5) is 10.1 Å². The fraction of sp³-hybridized carbons (Fsp3) is 0.480. The van der Waals surface area contributed by atoms with Crippen LogP contribution in [0.2, 0.25) is 0 Å². The van der Waals surface area contributed by atoms with Crippen molar-refractivity contribution in [2.24, 2.45) is 5.92 Å². The molecule has 11 nitrogen and oxygen atoms in total. The summed E-state index contributed by atoms with van der Waals surface area (Å²) in [7, 11) is 1.44. The Labute approximate surface area is 212 Å². The summed E-state index contributed by atoms with van der Waals surface area (Å²) in [5, 5.41) is 24.3. The molecule has 2 aliphatic heterocycles. The van der Waals surface area contributed by atoms with Gasteiger partial charge in [-0.2, -0.15) is 10.2 Å². The number of carbonyl (C=O) groups excluding carboxylic acids is 2. The molecule has 3 aromatic rings. The summed E-state index contributed by atoms with van der Waals surface area (Å²) in [6.45, 7) is 1.06. The number of hydrogen-bond donors (Lipinski definition) is 3. The summed E-state index contributed by atoms with van der Waals surface area (Å²) in [5.74, 6) is -0.853. The maximum Gasteiger partial charge on any atom is 0.274 e. The van der Waals surface area contributed by atoms with Crippen LogP contribution in [0, 0.1) is 11.7 Å². The van der Waals surface area contributed by atoms with Crippen molar-refractivity contribution >= 4 is 17.5 Å². The minimum absolute atomic E-state index is 0.0848. The van der Waals surface area contributed by atoms with Crippen molar-refractivity contribution in [2.45, 2.75) is 56.7 Å². The predicted molar refractivity (Wildman–Crippen MR) is 129 cm³/mol. The molecule has 12 heteroatoms. The first-order valence-electron chi connectivity index (χ1n) is 12.5. The molecule has 0 aromatic carbocycles. The van der Waals surface area contributed by atoms with Crippen molar-refractivity contribution < 1.29 is 23.8 Å². The number of H-pyrrole nitrogens is 1. The molecule has 3 aliphatic rings.